The monoisotopic (exact) mass is 1470 g/mol. The summed E-state index contributed by atoms with van der Waals surface area (Å²) in [7, 11) is -9.01. The number of carbonyl (C=O) groups excluding carboxylic acids is 2. The number of nitrogens with zero attached hydrogens (tertiary/aromatic N) is 1. The van der Waals surface area contributed by atoms with Gasteiger partial charge in [-0.2, -0.15) is 52.7 Å². The Hall–Kier alpha value is -7.65. The van der Waals surface area contributed by atoms with Crippen LogP contribution in [-0.4, -0.2) is 161 Å². The van der Waals surface area contributed by atoms with Crippen LogP contribution in [0.1, 0.15) is 52.6 Å². The summed E-state index contributed by atoms with van der Waals surface area (Å²) in [6.45, 7) is -3.66. The molecule has 3 atom stereocenters. The number of anilines is 4. The van der Waals surface area contributed by atoms with Crippen molar-refractivity contribution >= 4 is 97.5 Å². The van der Waals surface area contributed by atoms with Gasteiger partial charge in [-0.25, -0.2) is 39.5 Å². The van der Waals surface area contributed by atoms with E-state index < -0.39 is 170 Å². The SMILES string of the molecule is COCC(O)CN1CCC(Nc2cccc3c(CC(F)(F)F)c(C#CCNc4cc(F)c(S(=O)(=O)NC(=O)Cc5cc(NC6CCOCC6)c6sc(C#CCNc7cc(F)c(S(=O)(=O)NC(C)=O)cc7OCC(F)(F)F)c(CC(F)(F)F)c6c5)cc4OCC(F)(F)F)sc23)C(F)C1. The zero-order valence-corrected chi connectivity index (χ0v) is 53.9. The third kappa shape index (κ3) is 21.2. The number of amides is 2. The molecule has 2 aliphatic rings. The number of halogens is 15. The second kappa shape index (κ2) is 31.0. The highest BCUT2D eigenvalue weighted by atomic mass is 32.2. The molecule has 37 heteroatoms. The van der Waals surface area contributed by atoms with E-state index in [0.717, 1.165) is 24.3 Å². The maximum absolute atomic E-state index is 16.1. The number of fused-ring (bicyclic) bond motifs is 2. The largest absolute Gasteiger partial charge is 0.482 e. The average Bonchev–Trinajstić information content (AvgIpc) is 1.75. The Kier molecular flexibility index (Phi) is 24.0. The molecule has 6 aromatic rings. The van der Waals surface area contributed by atoms with E-state index in [4.69, 9.17) is 18.9 Å². The predicted octanol–water partition coefficient (Wildman–Crippen LogP) is 10.7. The van der Waals surface area contributed by atoms with Crippen molar-refractivity contribution in [2.24, 2.45) is 0 Å². The highest BCUT2D eigenvalue weighted by Crippen LogP contribution is 2.43. The number of β-amino-alcohol motifs (C(OH)–C–C–N with tert-alkyl or cyclic N) is 1. The molecule has 2 aromatic heterocycles. The fourth-order valence-corrected chi connectivity index (χ4v) is 14.8. The number of rotatable bonds is 24. The van der Waals surface area contributed by atoms with Gasteiger partial charge in [-0.3, -0.25) is 14.5 Å². The number of methoxy groups -OCH3 is 1. The third-order valence-corrected chi connectivity index (χ3v) is 19.6. The third-order valence-electron chi connectivity index (χ3n) is 14.4. The number of sulfonamides is 2. The molecule has 0 saturated carbocycles. The summed E-state index contributed by atoms with van der Waals surface area (Å²) in [5.74, 6) is 2.40. The lowest BCUT2D eigenvalue weighted by atomic mass is 10.0. The van der Waals surface area contributed by atoms with E-state index in [0.29, 0.717) is 60.7 Å². The first-order valence-corrected chi connectivity index (χ1v) is 33.4. The van der Waals surface area contributed by atoms with E-state index >= 15 is 13.2 Å². The van der Waals surface area contributed by atoms with Gasteiger partial charge in [-0.15, -0.1) is 22.7 Å². The van der Waals surface area contributed by atoms with Gasteiger partial charge in [0.05, 0.1) is 93.0 Å². The Balaban J connectivity index is 1.04. The van der Waals surface area contributed by atoms with E-state index in [1.807, 2.05) is 0 Å². The zero-order valence-electron chi connectivity index (χ0n) is 50.6. The molecule has 97 heavy (non-hydrogen) atoms. The molecule has 0 spiro atoms. The molecule has 528 valence electrons. The number of nitrogens with one attached hydrogen (secondary N) is 6. The Morgan fingerprint density at radius 2 is 1.22 bits per heavy atom. The molecular weight excluding hydrogens is 1410 g/mol. The first-order valence-electron chi connectivity index (χ1n) is 28.8. The lowest BCUT2D eigenvalue weighted by Gasteiger charge is -2.36. The summed E-state index contributed by atoms with van der Waals surface area (Å²) in [6, 6.07) is 7.11. The van der Waals surface area contributed by atoms with Crippen LogP contribution in [0, 0.1) is 35.3 Å². The highest BCUT2D eigenvalue weighted by molar-refractivity contribution is 7.90. The Morgan fingerprint density at radius 3 is 1.72 bits per heavy atom. The number of thiophene rings is 2. The number of aliphatic hydroxyl groups is 1. The molecule has 3 unspecified atom stereocenters. The van der Waals surface area contributed by atoms with Crippen molar-refractivity contribution in [3.8, 4) is 35.2 Å². The number of carbonyl (C=O) groups is 2. The molecule has 18 nitrogen and oxygen atoms in total. The first-order chi connectivity index (χ1) is 45.3. The zero-order chi connectivity index (χ0) is 71.0. The van der Waals surface area contributed by atoms with Crippen molar-refractivity contribution < 1.29 is 116 Å². The van der Waals surface area contributed by atoms with Crippen LogP contribution < -0.4 is 40.2 Å². The Bertz CT molecular complexity index is 4230. The number of likely N-dealkylation sites (tertiary alicyclic amines) is 1. The summed E-state index contributed by atoms with van der Waals surface area (Å²) in [5.41, 5.74) is -1.74. The summed E-state index contributed by atoms with van der Waals surface area (Å²) in [5, 5.41) is 21.3. The van der Waals surface area contributed by atoms with Gasteiger partial charge >= 0.3 is 24.7 Å². The van der Waals surface area contributed by atoms with Crippen molar-refractivity contribution in [3.05, 3.63) is 92.7 Å². The second-order valence-corrected chi connectivity index (χ2v) is 27.4. The molecule has 2 amide bonds. The number of hydrogen-bond acceptors (Lipinski definition) is 18. The van der Waals surface area contributed by atoms with Gasteiger partial charge in [0.15, 0.2) is 13.2 Å². The lowest BCUT2D eigenvalue weighted by Crippen LogP contribution is -2.50. The van der Waals surface area contributed by atoms with Crippen molar-refractivity contribution in [2.75, 3.05) is 94.1 Å². The maximum Gasteiger partial charge on any atom is 0.422 e. The van der Waals surface area contributed by atoms with Crippen molar-refractivity contribution in [2.45, 2.75) is 104 Å². The van der Waals surface area contributed by atoms with Crippen molar-refractivity contribution in [3.63, 3.8) is 0 Å². The van der Waals surface area contributed by atoms with Gasteiger partial charge in [0, 0.05) is 77.2 Å². The van der Waals surface area contributed by atoms with Crippen LogP contribution in [0.4, 0.5) is 88.6 Å². The molecule has 0 radical (unpaired) electrons. The van der Waals surface area contributed by atoms with E-state index in [1.54, 1.807) is 15.7 Å². The van der Waals surface area contributed by atoms with E-state index in [-0.39, 0.29) is 92.1 Å². The summed E-state index contributed by atoms with van der Waals surface area (Å²) >= 11 is 1.54. The van der Waals surface area contributed by atoms with Gasteiger partial charge in [0.2, 0.25) is 11.8 Å². The second-order valence-electron chi connectivity index (χ2n) is 22.1. The molecule has 8 rings (SSSR count). The first kappa shape index (κ1) is 75.1. The Morgan fingerprint density at radius 1 is 0.691 bits per heavy atom. The minimum Gasteiger partial charge on any atom is -0.482 e. The van der Waals surface area contributed by atoms with Crippen LogP contribution in [0.5, 0.6) is 11.5 Å². The number of ether oxygens (including phenoxy) is 4. The molecule has 2 saturated heterocycles. The fourth-order valence-electron chi connectivity index (χ4n) is 10.4. The lowest BCUT2D eigenvalue weighted by molar-refractivity contribution is -0.154. The summed E-state index contributed by atoms with van der Waals surface area (Å²) in [6.07, 6.45) is -25.2. The van der Waals surface area contributed by atoms with Gasteiger partial charge in [0.1, 0.15) is 39.1 Å². The summed E-state index contributed by atoms with van der Waals surface area (Å²) < 4.78 is 289. The van der Waals surface area contributed by atoms with Crippen LogP contribution in [0.25, 0.3) is 20.2 Å². The minimum atomic E-state index is -5.43. The van der Waals surface area contributed by atoms with Crippen LogP contribution in [0.3, 0.4) is 0 Å². The molecule has 0 aliphatic carbocycles. The number of aliphatic hydroxyl groups excluding tert-OH is 1. The van der Waals surface area contributed by atoms with Crippen LogP contribution >= 0.6 is 22.7 Å². The van der Waals surface area contributed by atoms with Gasteiger partial charge in [-0.1, -0.05) is 35.8 Å². The van der Waals surface area contributed by atoms with Crippen molar-refractivity contribution in [1.82, 2.24) is 14.3 Å². The minimum absolute atomic E-state index is 0.0310. The summed E-state index contributed by atoms with van der Waals surface area (Å²) in [4.78, 5) is 23.8. The molecule has 4 aromatic carbocycles. The molecule has 2 aliphatic heterocycles. The van der Waals surface area contributed by atoms with E-state index in [2.05, 4.69) is 44.9 Å². The van der Waals surface area contributed by atoms with E-state index in [1.165, 1.54) is 30.0 Å². The van der Waals surface area contributed by atoms with Crippen molar-refractivity contribution in [1.29, 1.82) is 0 Å². The van der Waals surface area contributed by atoms with Gasteiger partial charge in [0.25, 0.3) is 20.0 Å². The molecular formula is C60H58F15N7O11S4. The predicted molar refractivity (Wildman–Crippen MR) is 329 cm³/mol. The molecule has 4 heterocycles. The number of benzene rings is 4. The highest BCUT2D eigenvalue weighted by Gasteiger charge is 2.37. The quantitative estimate of drug-likeness (QED) is 0.0220. The normalized spacial score (nSPS) is 16.4. The number of piperidine rings is 1. The number of alkyl halides is 13. The van der Waals surface area contributed by atoms with Gasteiger partial charge < -0.3 is 45.3 Å². The average molecular weight is 1470 g/mol. The van der Waals surface area contributed by atoms with Crippen LogP contribution in [0.15, 0.2) is 64.4 Å². The van der Waals surface area contributed by atoms with Crippen LogP contribution in [-0.2, 0) is 58.4 Å². The van der Waals surface area contributed by atoms with Gasteiger partial charge in [-0.05, 0) is 64.9 Å². The Labute approximate surface area is 552 Å². The molecule has 7 N–H and O–H groups in total. The van der Waals surface area contributed by atoms with Crippen LogP contribution in [0.2, 0.25) is 0 Å². The molecule has 2 fully saturated rings. The fraction of sp³-hybridized carbons (Fsp3) is 0.433. The maximum atomic E-state index is 16.1. The molecule has 0 bridgehead atoms. The standard InChI is InChI=1S/C60H58F15N7O11S4/c1-32(83)80-96(86,87)52-23-48(92-30-59(70,71)72)45(21-40(52)61)77-14-5-9-51-39(26-58(67,68)69)37-18-33(19-47(56(37)95-51)78-34-11-16-91-17-12-34)20-54(85)81-97(88,89)53-24-49(93-31-60(73,74)75)46(22-41(53)62)76-13-4-8-50-38(25-57(64,65)66)36-6-3-7-44(55(36)94-50)79-43-10-15-82(28-42(43)63)27-35(84)29-90-2/h3,6-7,18-19,21-24,34-35,42-43,76-79,84H,10-17,20,25-31H2,1-2H3,(H,80,83)(H,81,85). The number of hydrogen-bond donors (Lipinski definition) is 7. The van der Waals surface area contributed by atoms with E-state index in [9.17, 15) is 84.2 Å². The smallest absolute Gasteiger partial charge is 0.422 e. The topological polar surface area (TPSA) is 235 Å².